The second-order valence-corrected chi connectivity index (χ2v) is 3.10. The molecule has 0 saturated carbocycles. The second kappa shape index (κ2) is 3.44. The fraction of sp³-hybridized carbons (Fsp3) is 0.182. The lowest BCUT2D eigenvalue weighted by Gasteiger charge is -2.09. The molecule has 2 heteroatoms. The monoisotopic (exact) mass is 172 g/mol. The third-order valence-electron chi connectivity index (χ3n) is 2.02. The van der Waals surface area contributed by atoms with Crippen LogP contribution in [0.1, 0.15) is 11.1 Å². The van der Waals surface area contributed by atoms with Crippen LogP contribution in [0.4, 0.5) is 0 Å². The van der Waals surface area contributed by atoms with Gasteiger partial charge in [0.2, 0.25) is 0 Å². The molecule has 0 spiro atoms. The van der Waals surface area contributed by atoms with Gasteiger partial charge in [0.05, 0.1) is 6.54 Å². The second-order valence-electron chi connectivity index (χ2n) is 3.10. The number of nitrogens with one attached hydrogen (secondary N) is 1. The minimum absolute atomic E-state index is 0.774. The van der Waals surface area contributed by atoms with Crippen LogP contribution in [0, 0.1) is 6.92 Å². The zero-order valence-electron chi connectivity index (χ0n) is 7.62. The number of amidine groups is 1. The van der Waals surface area contributed by atoms with Crippen LogP contribution in [-0.2, 0) is 0 Å². The minimum Gasteiger partial charge on any atom is -0.347 e. The molecule has 1 aromatic carbocycles. The fourth-order valence-electron chi connectivity index (χ4n) is 1.27. The van der Waals surface area contributed by atoms with Gasteiger partial charge in [-0.2, -0.15) is 0 Å². The Kier molecular flexibility index (Phi) is 2.13. The molecule has 0 bridgehead atoms. The lowest BCUT2D eigenvalue weighted by atomic mass is 10.1. The molecule has 1 heterocycles. The molecule has 0 saturated heterocycles. The van der Waals surface area contributed by atoms with Crippen molar-refractivity contribution in [3.63, 3.8) is 0 Å². The first-order valence-corrected chi connectivity index (χ1v) is 4.39. The normalized spacial score (nSPS) is 15.0. The first-order valence-electron chi connectivity index (χ1n) is 4.39. The van der Waals surface area contributed by atoms with E-state index < -0.39 is 0 Å². The molecule has 0 amide bonds. The van der Waals surface area contributed by atoms with Gasteiger partial charge in [0.15, 0.2) is 0 Å². The average molecular weight is 172 g/mol. The zero-order valence-corrected chi connectivity index (χ0v) is 7.62. The van der Waals surface area contributed by atoms with Gasteiger partial charge in [0.1, 0.15) is 5.84 Å². The van der Waals surface area contributed by atoms with Crippen LogP contribution in [-0.4, -0.2) is 12.4 Å². The Labute approximate surface area is 78.0 Å². The smallest absolute Gasteiger partial charge is 0.132 e. The van der Waals surface area contributed by atoms with Crippen molar-refractivity contribution in [1.82, 2.24) is 5.32 Å². The molecule has 1 aliphatic rings. The van der Waals surface area contributed by atoms with Crippen molar-refractivity contribution in [2.75, 3.05) is 6.54 Å². The van der Waals surface area contributed by atoms with Gasteiger partial charge in [-0.25, -0.2) is 0 Å². The summed E-state index contributed by atoms with van der Waals surface area (Å²) < 4.78 is 0. The summed E-state index contributed by atoms with van der Waals surface area (Å²) in [7, 11) is 0. The van der Waals surface area contributed by atoms with E-state index in [1.54, 1.807) is 0 Å². The number of rotatable bonds is 1. The predicted molar refractivity (Wildman–Crippen MR) is 54.9 cm³/mol. The van der Waals surface area contributed by atoms with E-state index in [-0.39, 0.29) is 0 Å². The number of hydrogen-bond donors (Lipinski definition) is 1. The Morgan fingerprint density at radius 1 is 1.23 bits per heavy atom. The molecule has 2 nitrogen and oxygen atoms in total. The van der Waals surface area contributed by atoms with Gasteiger partial charge in [0, 0.05) is 11.8 Å². The largest absolute Gasteiger partial charge is 0.347 e. The molecule has 0 radical (unpaired) electrons. The summed E-state index contributed by atoms with van der Waals surface area (Å²) in [5.74, 6) is 0.961. The highest BCUT2D eigenvalue weighted by Gasteiger charge is 2.01. The number of nitrogens with zero attached hydrogens (tertiary/aromatic N) is 1. The van der Waals surface area contributed by atoms with E-state index in [0.717, 1.165) is 17.9 Å². The molecular weight excluding hydrogens is 160 g/mol. The van der Waals surface area contributed by atoms with Crippen LogP contribution in [0.25, 0.3) is 0 Å². The van der Waals surface area contributed by atoms with E-state index in [0.29, 0.717) is 0 Å². The first kappa shape index (κ1) is 8.05. The van der Waals surface area contributed by atoms with Crippen LogP contribution in [0.2, 0.25) is 0 Å². The third kappa shape index (κ3) is 1.78. The van der Waals surface area contributed by atoms with Gasteiger partial charge in [-0.3, -0.25) is 4.99 Å². The first-order chi connectivity index (χ1) is 6.36. The lowest BCUT2D eigenvalue weighted by Crippen LogP contribution is -2.21. The number of benzene rings is 1. The van der Waals surface area contributed by atoms with Crippen molar-refractivity contribution >= 4 is 5.84 Å². The van der Waals surface area contributed by atoms with E-state index in [4.69, 9.17) is 0 Å². The van der Waals surface area contributed by atoms with E-state index in [1.807, 2.05) is 12.3 Å². The Hall–Kier alpha value is -1.57. The van der Waals surface area contributed by atoms with Crippen LogP contribution >= 0.6 is 0 Å². The molecule has 0 unspecified atom stereocenters. The van der Waals surface area contributed by atoms with Crippen molar-refractivity contribution in [3.05, 3.63) is 47.7 Å². The molecule has 0 atom stereocenters. The Morgan fingerprint density at radius 2 is 2.00 bits per heavy atom. The fourth-order valence-corrected chi connectivity index (χ4v) is 1.27. The van der Waals surface area contributed by atoms with Crippen molar-refractivity contribution in [2.45, 2.75) is 6.92 Å². The van der Waals surface area contributed by atoms with Crippen molar-refractivity contribution < 1.29 is 0 Å². The van der Waals surface area contributed by atoms with Crippen molar-refractivity contribution in [1.29, 1.82) is 0 Å². The van der Waals surface area contributed by atoms with Crippen LogP contribution < -0.4 is 5.32 Å². The summed E-state index contributed by atoms with van der Waals surface area (Å²) in [4.78, 5) is 4.35. The van der Waals surface area contributed by atoms with Gasteiger partial charge in [-0.1, -0.05) is 29.8 Å². The van der Waals surface area contributed by atoms with Crippen LogP contribution in [0.15, 0.2) is 41.5 Å². The summed E-state index contributed by atoms with van der Waals surface area (Å²) in [6.45, 7) is 2.86. The topological polar surface area (TPSA) is 24.4 Å². The summed E-state index contributed by atoms with van der Waals surface area (Å²) >= 11 is 0. The molecule has 1 aliphatic heterocycles. The van der Waals surface area contributed by atoms with Crippen LogP contribution in [0.5, 0.6) is 0 Å². The van der Waals surface area contributed by atoms with E-state index in [9.17, 15) is 0 Å². The number of aliphatic imine (C=N–C) groups is 1. The predicted octanol–water partition coefficient (Wildman–Crippen LogP) is 1.86. The summed E-state index contributed by atoms with van der Waals surface area (Å²) in [6.07, 6.45) is 3.93. The maximum Gasteiger partial charge on any atom is 0.132 e. The molecular formula is C11H12N2. The molecule has 1 aromatic rings. The molecule has 0 fully saturated rings. The lowest BCUT2D eigenvalue weighted by molar-refractivity contribution is 1.10. The summed E-state index contributed by atoms with van der Waals surface area (Å²) in [6, 6.07) is 8.36. The van der Waals surface area contributed by atoms with Gasteiger partial charge in [-0.15, -0.1) is 0 Å². The quantitative estimate of drug-likeness (QED) is 0.687. The van der Waals surface area contributed by atoms with Crippen LogP contribution in [0.3, 0.4) is 0 Å². The Bertz CT molecular complexity index is 347. The van der Waals surface area contributed by atoms with Gasteiger partial charge >= 0.3 is 0 Å². The molecule has 2 rings (SSSR count). The zero-order chi connectivity index (χ0) is 9.10. The average Bonchev–Trinajstić information content (AvgIpc) is 2.20. The summed E-state index contributed by atoms with van der Waals surface area (Å²) in [5.41, 5.74) is 2.42. The maximum atomic E-state index is 4.35. The molecule has 13 heavy (non-hydrogen) atoms. The van der Waals surface area contributed by atoms with Gasteiger partial charge in [0.25, 0.3) is 0 Å². The van der Waals surface area contributed by atoms with Gasteiger partial charge in [-0.05, 0) is 13.0 Å². The van der Waals surface area contributed by atoms with E-state index >= 15 is 0 Å². The Balaban J connectivity index is 2.25. The third-order valence-corrected chi connectivity index (χ3v) is 2.02. The van der Waals surface area contributed by atoms with Crippen molar-refractivity contribution in [2.24, 2.45) is 4.99 Å². The molecule has 66 valence electrons. The van der Waals surface area contributed by atoms with Crippen molar-refractivity contribution in [3.8, 4) is 0 Å². The number of hydrogen-bond acceptors (Lipinski definition) is 2. The van der Waals surface area contributed by atoms with E-state index in [2.05, 4.69) is 41.5 Å². The van der Waals surface area contributed by atoms with E-state index in [1.165, 1.54) is 5.56 Å². The van der Waals surface area contributed by atoms with Gasteiger partial charge < -0.3 is 5.32 Å². The standard InChI is InChI=1S/C11H12N2/c1-9-3-5-10(6-4-9)11-12-7-2-8-13-11/h2-7H,8H2,1H3,(H,12,13). The molecule has 0 aliphatic carbocycles. The highest BCUT2D eigenvalue weighted by molar-refractivity contribution is 5.99. The molecule has 0 aromatic heterocycles. The SMILES string of the molecule is Cc1ccc(C2=NCC=CN2)cc1. The summed E-state index contributed by atoms with van der Waals surface area (Å²) in [5, 5.41) is 3.12. The highest BCUT2D eigenvalue weighted by Crippen LogP contribution is 2.04. The minimum atomic E-state index is 0.774. The maximum absolute atomic E-state index is 4.35. The molecule has 1 N–H and O–H groups in total. The number of aryl methyl sites for hydroxylation is 1. The highest BCUT2D eigenvalue weighted by atomic mass is 15.0. The Morgan fingerprint density at radius 3 is 2.62 bits per heavy atom.